The van der Waals surface area contributed by atoms with Crippen molar-refractivity contribution in [2.45, 2.75) is 13.3 Å². The maximum atomic E-state index is 12.1. The molecule has 5 heteroatoms. The van der Waals surface area contributed by atoms with Crippen LogP contribution in [-0.4, -0.2) is 17.6 Å². The fourth-order valence-corrected chi connectivity index (χ4v) is 2.16. The summed E-state index contributed by atoms with van der Waals surface area (Å²) >= 11 is 0. The van der Waals surface area contributed by atoms with Crippen LogP contribution in [0.1, 0.15) is 11.1 Å². The molecular weight excluding hydrogens is 302 g/mol. The van der Waals surface area contributed by atoms with Crippen molar-refractivity contribution in [2.24, 2.45) is 0 Å². The molecule has 5 nitrogen and oxygen atoms in total. The summed E-state index contributed by atoms with van der Waals surface area (Å²) in [6.45, 7) is 2.39. The van der Waals surface area contributed by atoms with Gasteiger partial charge < -0.3 is 15.7 Å². The number of benzene rings is 2. The van der Waals surface area contributed by atoms with E-state index in [0.717, 1.165) is 12.0 Å². The monoisotopic (exact) mass is 321 g/mol. The van der Waals surface area contributed by atoms with Crippen LogP contribution in [0, 0.1) is 18.3 Å². The van der Waals surface area contributed by atoms with E-state index in [2.05, 4.69) is 10.6 Å². The highest BCUT2D eigenvalue weighted by Gasteiger charge is 2.10. The van der Waals surface area contributed by atoms with Crippen LogP contribution in [0.25, 0.3) is 0 Å². The van der Waals surface area contributed by atoms with Gasteiger partial charge in [-0.3, -0.25) is 4.79 Å². The molecule has 1 amide bonds. The SMILES string of the molecule is Cc1cc(O)ccc1NC(=O)/C(C#N)=C\NCCc1ccccc1. The smallest absolute Gasteiger partial charge is 0.267 e. The van der Waals surface area contributed by atoms with Gasteiger partial charge in [0.15, 0.2) is 0 Å². The minimum atomic E-state index is -0.487. The third kappa shape index (κ3) is 4.89. The van der Waals surface area contributed by atoms with Gasteiger partial charge in [-0.05, 0) is 42.7 Å². The number of aromatic hydroxyl groups is 1. The van der Waals surface area contributed by atoms with Crippen LogP contribution in [0.4, 0.5) is 5.69 Å². The second-order valence-electron chi connectivity index (χ2n) is 5.31. The van der Waals surface area contributed by atoms with Crippen molar-refractivity contribution in [3.63, 3.8) is 0 Å². The Balaban J connectivity index is 1.92. The molecule has 0 aromatic heterocycles. The summed E-state index contributed by atoms with van der Waals surface area (Å²) in [6, 6.07) is 16.5. The van der Waals surface area contributed by atoms with Crippen LogP contribution >= 0.6 is 0 Å². The van der Waals surface area contributed by atoms with Crippen LogP contribution in [0.15, 0.2) is 60.3 Å². The number of carbonyl (C=O) groups is 1. The Morgan fingerprint density at radius 1 is 1.25 bits per heavy atom. The van der Waals surface area contributed by atoms with Gasteiger partial charge in [0.2, 0.25) is 0 Å². The van der Waals surface area contributed by atoms with Crippen molar-refractivity contribution in [3.8, 4) is 11.8 Å². The Morgan fingerprint density at radius 3 is 2.67 bits per heavy atom. The normalized spacial score (nSPS) is 10.8. The molecule has 2 aromatic rings. The molecule has 0 spiro atoms. The zero-order valence-electron chi connectivity index (χ0n) is 13.4. The average Bonchev–Trinajstić information content (AvgIpc) is 2.58. The molecule has 0 saturated carbocycles. The molecule has 0 bridgehead atoms. The Hall–Kier alpha value is -3.26. The first-order valence-electron chi connectivity index (χ1n) is 7.58. The number of carbonyl (C=O) groups excluding carboxylic acids is 1. The predicted octanol–water partition coefficient (Wildman–Crippen LogP) is 2.88. The van der Waals surface area contributed by atoms with Gasteiger partial charge in [-0.2, -0.15) is 5.26 Å². The number of nitriles is 1. The predicted molar refractivity (Wildman–Crippen MR) is 93.3 cm³/mol. The number of anilines is 1. The summed E-state index contributed by atoms with van der Waals surface area (Å²) in [7, 11) is 0. The quantitative estimate of drug-likeness (QED) is 0.330. The molecule has 122 valence electrons. The number of hydrogen-bond acceptors (Lipinski definition) is 4. The Bertz CT molecular complexity index is 777. The second kappa shape index (κ2) is 8.39. The maximum Gasteiger partial charge on any atom is 0.267 e. The minimum Gasteiger partial charge on any atom is -0.508 e. The van der Waals surface area contributed by atoms with Crippen molar-refractivity contribution in [1.82, 2.24) is 5.32 Å². The van der Waals surface area contributed by atoms with Gasteiger partial charge in [-0.25, -0.2) is 0 Å². The topological polar surface area (TPSA) is 85.2 Å². The molecule has 2 rings (SSSR count). The number of hydrogen-bond donors (Lipinski definition) is 3. The summed E-state index contributed by atoms with van der Waals surface area (Å²) in [5.41, 5.74) is 2.46. The molecule has 2 aromatic carbocycles. The lowest BCUT2D eigenvalue weighted by molar-refractivity contribution is -0.112. The number of nitrogens with zero attached hydrogens (tertiary/aromatic N) is 1. The van der Waals surface area contributed by atoms with E-state index in [1.165, 1.54) is 17.8 Å². The standard InChI is InChI=1S/C19H19N3O2/c1-14-11-17(23)7-8-18(14)22-19(24)16(12-20)13-21-10-9-15-5-3-2-4-6-15/h2-8,11,13,21,23H,9-10H2,1H3,(H,22,24)/b16-13-. The lowest BCUT2D eigenvalue weighted by Gasteiger charge is -2.08. The Kier molecular flexibility index (Phi) is 5.98. The van der Waals surface area contributed by atoms with E-state index in [1.54, 1.807) is 19.1 Å². The first-order valence-corrected chi connectivity index (χ1v) is 7.58. The maximum absolute atomic E-state index is 12.1. The molecule has 0 aliphatic rings. The van der Waals surface area contributed by atoms with Gasteiger partial charge >= 0.3 is 0 Å². The summed E-state index contributed by atoms with van der Waals surface area (Å²) in [5.74, 6) is -0.359. The van der Waals surface area contributed by atoms with Gasteiger partial charge in [-0.15, -0.1) is 0 Å². The van der Waals surface area contributed by atoms with E-state index in [0.29, 0.717) is 12.2 Å². The van der Waals surface area contributed by atoms with Gasteiger partial charge in [0.05, 0.1) is 0 Å². The average molecular weight is 321 g/mol. The van der Waals surface area contributed by atoms with E-state index in [4.69, 9.17) is 5.26 Å². The minimum absolute atomic E-state index is 0.00413. The number of amides is 1. The molecule has 0 atom stereocenters. The highest BCUT2D eigenvalue weighted by atomic mass is 16.3. The van der Waals surface area contributed by atoms with Crippen molar-refractivity contribution < 1.29 is 9.90 Å². The Labute approximate surface area is 141 Å². The molecule has 3 N–H and O–H groups in total. The van der Waals surface area contributed by atoms with Gasteiger partial charge in [0.25, 0.3) is 5.91 Å². The first-order chi connectivity index (χ1) is 11.6. The van der Waals surface area contributed by atoms with E-state index in [9.17, 15) is 9.90 Å². The zero-order chi connectivity index (χ0) is 17.4. The highest BCUT2D eigenvalue weighted by Crippen LogP contribution is 2.20. The zero-order valence-corrected chi connectivity index (χ0v) is 13.4. The molecule has 24 heavy (non-hydrogen) atoms. The molecule has 0 aliphatic carbocycles. The van der Waals surface area contributed by atoms with E-state index >= 15 is 0 Å². The Morgan fingerprint density at radius 2 is 2.00 bits per heavy atom. The first kappa shape index (κ1) is 17.1. The highest BCUT2D eigenvalue weighted by molar-refractivity contribution is 6.06. The van der Waals surface area contributed by atoms with E-state index in [-0.39, 0.29) is 11.3 Å². The van der Waals surface area contributed by atoms with Gasteiger partial charge in [0, 0.05) is 18.4 Å². The molecule has 0 heterocycles. The number of rotatable bonds is 6. The van der Waals surface area contributed by atoms with Crippen LogP contribution in [0.2, 0.25) is 0 Å². The largest absolute Gasteiger partial charge is 0.508 e. The molecular formula is C19H19N3O2. The van der Waals surface area contributed by atoms with E-state index < -0.39 is 5.91 Å². The van der Waals surface area contributed by atoms with Crippen LogP contribution < -0.4 is 10.6 Å². The van der Waals surface area contributed by atoms with Crippen molar-refractivity contribution in [2.75, 3.05) is 11.9 Å². The number of phenols is 1. The summed E-state index contributed by atoms with van der Waals surface area (Å²) in [5, 5.41) is 24.2. The molecule has 0 fully saturated rings. The fourth-order valence-electron chi connectivity index (χ4n) is 2.16. The number of nitrogens with one attached hydrogen (secondary N) is 2. The summed E-state index contributed by atoms with van der Waals surface area (Å²) in [4.78, 5) is 12.1. The van der Waals surface area contributed by atoms with Crippen LogP contribution in [-0.2, 0) is 11.2 Å². The third-order valence-electron chi connectivity index (χ3n) is 3.47. The molecule has 0 aliphatic heterocycles. The summed E-state index contributed by atoms with van der Waals surface area (Å²) < 4.78 is 0. The van der Waals surface area contributed by atoms with Crippen LogP contribution in [0.3, 0.4) is 0 Å². The van der Waals surface area contributed by atoms with Crippen LogP contribution in [0.5, 0.6) is 5.75 Å². The van der Waals surface area contributed by atoms with Crippen molar-refractivity contribution >= 4 is 11.6 Å². The van der Waals surface area contributed by atoms with Crippen molar-refractivity contribution in [3.05, 3.63) is 71.4 Å². The molecule has 0 saturated heterocycles. The van der Waals surface area contributed by atoms with E-state index in [1.807, 2.05) is 36.4 Å². The lowest BCUT2D eigenvalue weighted by atomic mass is 10.1. The van der Waals surface area contributed by atoms with Crippen molar-refractivity contribution in [1.29, 1.82) is 5.26 Å². The number of aryl methyl sites for hydroxylation is 1. The molecule has 0 unspecified atom stereocenters. The van der Waals surface area contributed by atoms with Gasteiger partial charge in [-0.1, -0.05) is 30.3 Å². The third-order valence-corrected chi connectivity index (χ3v) is 3.47. The summed E-state index contributed by atoms with van der Waals surface area (Å²) in [6.07, 6.45) is 2.22. The number of phenolic OH excluding ortho intramolecular Hbond substituents is 1. The molecule has 0 radical (unpaired) electrons. The second-order valence-corrected chi connectivity index (χ2v) is 5.31. The van der Waals surface area contributed by atoms with Gasteiger partial charge in [0.1, 0.15) is 17.4 Å². The fraction of sp³-hybridized carbons (Fsp3) is 0.158. The lowest BCUT2D eigenvalue weighted by Crippen LogP contribution is -2.18.